The van der Waals surface area contributed by atoms with Crippen LogP contribution in [0.3, 0.4) is 0 Å². The predicted molar refractivity (Wildman–Crippen MR) is 64.8 cm³/mol. The van der Waals surface area contributed by atoms with Crippen molar-refractivity contribution >= 4 is 44.4 Å². The number of nitrogens with zero attached hydrogens (tertiary/aromatic N) is 2. The third-order valence-corrected chi connectivity index (χ3v) is 3.20. The maximum absolute atomic E-state index is 11.6. The van der Waals surface area contributed by atoms with Crippen LogP contribution in [0.4, 0.5) is 0 Å². The van der Waals surface area contributed by atoms with Gasteiger partial charge in [-0.1, -0.05) is 11.6 Å². The average Bonchev–Trinajstić information content (AvgIpc) is 2.55. The number of esters is 1. The predicted octanol–water partition coefficient (Wildman–Crippen LogP) is 2.78. The molecule has 0 aromatic carbocycles. The average molecular weight is 304 g/mol. The molecule has 6 heteroatoms. The topological polar surface area (TPSA) is 44.1 Å². The van der Waals surface area contributed by atoms with Crippen molar-refractivity contribution in [1.82, 2.24) is 9.55 Å². The molecule has 0 spiro atoms. The lowest BCUT2D eigenvalue weighted by molar-refractivity contribution is 0.0602. The van der Waals surface area contributed by atoms with Crippen molar-refractivity contribution < 1.29 is 9.53 Å². The monoisotopic (exact) mass is 302 g/mol. The number of pyridine rings is 1. The largest absolute Gasteiger partial charge is 0.465 e. The van der Waals surface area contributed by atoms with Crippen LogP contribution in [0.5, 0.6) is 0 Å². The molecule has 16 heavy (non-hydrogen) atoms. The normalized spacial score (nSPS) is 10.8. The lowest BCUT2D eigenvalue weighted by Crippen LogP contribution is -2.05. The van der Waals surface area contributed by atoms with Crippen molar-refractivity contribution in [3.05, 3.63) is 27.6 Å². The van der Waals surface area contributed by atoms with E-state index in [0.29, 0.717) is 21.6 Å². The highest BCUT2D eigenvalue weighted by Crippen LogP contribution is 2.32. The molecule has 0 atom stereocenters. The molecule has 0 unspecified atom stereocenters. The summed E-state index contributed by atoms with van der Waals surface area (Å²) in [5.41, 5.74) is 1.11. The van der Waals surface area contributed by atoms with Crippen LogP contribution in [0.2, 0.25) is 5.15 Å². The van der Waals surface area contributed by atoms with Gasteiger partial charge < -0.3 is 9.30 Å². The summed E-state index contributed by atoms with van der Waals surface area (Å²) >= 11 is 9.37. The number of hydrogen-bond acceptors (Lipinski definition) is 3. The SMILES string of the molecule is COC(=O)c1cnc(Cl)c2c(Br)cn(C)c12. The van der Waals surface area contributed by atoms with E-state index in [0.717, 1.165) is 4.47 Å². The maximum atomic E-state index is 11.6. The minimum Gasteiger partial charge on any atom is -0.465 e. The second kappa shape index (κ2) is 4.07. The van der Waals surface area contributed by atoms with E-state index in [-0.39, 0.29) is 0 Å². The molecule has 0 amide bonds. The number of carbonyl (C=O) groups is 1. The minimum absolute atomic E-state index is 0.357. The summed E-state index contributed by atoms with van der Waals surface area (Å²) in [4.78, 5) is 15.5. The molecular formula is C10H8BrClN2O2. The molecule has 0 aliphatic rings. The Balaban J connectivity index is 2.88. The summed E-state index contributed by atoms with van der Waals surface area (Å²) in [6, 6.07) is 0. The third kappa shape index (κ3) is 1.60. The first-order valence-electron chi connectivity index (χ1n) is 4.43. The quantitative estimate of drug-likeness (QED) is 0.601. The number of carbonyl (C=O) groups excluding carboxylic acids is 1. The Kier molecular flexibility index (Phi) is 2.90. The fraction of sp³-hybridized carbons (Fsp3) is 0.200. The number of fused-ring (bicyclic) bond motifs is 1. The van der Waals surface area contributed by atoms with Crippen molar-refractivity contribution in [2.75, 3.05) is 7.11 Å². The second-order valence-electron chi connectivity index (χ2n) is 3.27. The Labute approximate surface area is 105 Å². The number of ether oxygens (including phenoxy) is 1. The Hall–Kier alpha value is -1.07. The third-order valence-electron chi connectivity index (χ3n) is 2.31. The van der Waals surface area contributed by atoms with E-state index in [9.17, 15) is 4.79 Å². The van der Waals surface area contributed by atoms with E-state index >= 15 is 0 Å². The van der Waals surface area contributed by atoms with Crippen molar-refractivity contribution in [2.45, 2.75) is 0 Å². The molecule has 0 radical (unpaired) electrons. The van der Waals surface area contributed by atoms with Gasteiger partial charge in [0, 0.05) is 23.9 Å². The Bertz CT molecular complexity index is 580. The highest BCUT2D eigenvalue weighted by molar-refractivity contribution is 9.10. The van der Waals surface area contributed by atoms with E-state index in [1.165, 1.54) is 13.3 Å². The van der Waals surface area contributed by atoms with Crippen LogP contribution >= 0.6 is 27.5 Å². The molecule has 0 saturated carbocycles. The minimum atomic E-state index is -0.428. The lowest BCUT2D eigenvalue weighted by atomic mass is 10.2. The summed E-state index contributed by atoms with van der Waals surface area (Å²) in [6.45, 7) is 0. The Morgan fingerprint density at radius 3 is 2.94 bits per heavy atom. The molecule has 0 saturated heterocycles. The van der Waals surface area contributed by atoms with Gasteiger partial charge in [-0.05, 0) is 15.9 Å². The number of methoxy groups -OCH3 is 1. The molecule has 2 rings (SSSR count). The van der Waals surface area contributed by atoms with E-state index < -0.39 is 5.97 Å². The molecule has 0 aliphatic carbocycles. The summed E-state index contributed by atoms with van der Waals surface area (Å²) in [5.74, 6) is -0.428. The van der Waals surface area contributed by atoms with Gasteiger partial charge in [-0.25, -0.2) is 9.78 Å². The van der Waals surface area contributed by atoms with Crippen LogP contribution in [-0.2, 0) is 11.8 Å². The first-order valence-corrected chi connectivity index (χ1v) is 5.60. The maximum Gasteiger partial charge on any atom is 0.341 e. The van der Waals surface area contributed by atoms with E-state index in [1.807, 2.05) is 13.2 Å². The molecular weight excluding hydrogens is 295 g/mol. The number of aryl methyl sites for hydroxylation is 1. The van der Waals surface area contributed by atoms with Crippen LogP contribution in [0.1, 0.15) is 10.4 Å². The zero-order chi connectivity index (χ0) is 11.9. The van der Waals surface area contributed by atoms with E-state index in [4.69, 9.17) is 16.3 Å². The first kappa shape index (κ1) is 11.4. The molecule has 2 aromatic rings. The van der Waals surface area contributed by atoms with E-state index in [2.05, 4.69) is 20.9 Å². The molecule has 2 heterocycles. The smallest absolute Gasteiger partial charge is 0.341 e. The van der Waals surface area contributed by atoms with Gasteiger partial charge in [0.25, 0.3) is 0 Å². The van der Waals surface area contributed by atoms with Crippen molar-refractivity contribution in [3.8, 4) is 0 Å². The summed E-state index contributed by atoms with van der Waals surface area (Å²) < 4.78 is 7.30. The molecule has 2 aromatic heterocycles. The molecule has 0 bridgehead atoms. The zero-order valence-electron chi connectivity index (χ0n) is 8.62. The van der Waals surface area contributed by atoms with Crippen LogP contribution in [0.15, 0.2) is 16.9 Å². The van der Waals surface area contributed by atoms with Crippen molar-refractivity contribution in [3.63, 3.8) is 0 Å². The number of rotatable bonds is 1. The van der Waals surface area contributed by atoms with Gasteiger partial charge >= 0.3 is 5.97 Å². The fourth-order valence-electron chi connectivity index (χ4n) is 1.62. The van der Waals surface area contributed by atoms with Gasteiger partial charge in [-0.2, -0.15) is 0 Å². The Morgan fingerprint density at radius 1 is 1.62 bits per heavy atom. The van der Waals surface area contributed by atoms with Gasteiger partial charge in [-0.3, -0.25) is 0 Å². The zero-order valence-corrected chi connectivity index (χ0v) is 11.0. The number of aromatic nitrogens is 2. The van der Waals surface area contributed by atoms with Crippen LogP contribution in [0, 0.1) is 0 Å². The first-order chi connectivity index (χ1) is 7.56. The lowest BCUT2D eigenvalue weighted by Gasteiger charge is -2.04. The van der Waals surface area contributed by atoms with Gasteiger partial charge in [0.1, 0.15) is 10.7 Å². The molecule has 0 fully saturated rings. The van der Waals surface area contributed by atoms with Gasteiger partial charge in [-0.15, -0.1) is 0 Å². The highest BCUT2D eigenvalue weighted by atomic mass is 79.9. The van der Waals surface area contributed by atoms with Crippen molar-refractivity contribution in [1.29, 1.82) is 0 Å². The number of halogens is 2. The molecule has 4 nitrogen and oxygen atoms in total. The summed E-state index contributed by atoms with van der Waals surface area (Å²) in [5, 5.41) is 1.07. The van der Waals surface area contributed by atoms with Crippen LogP contribution in [-0.4, -0.2) is 22.6 Å². The second-order valence-corrected chi connectivity index (χ2v) is 4.48. The van der Waals surface area contributed by atoms with Crippen LogP contribution < -0.4 is 0 Å². The summed E-state index contributed by atoms with van der Waals surface area (Å²) in [6.07, 6.45) is 3.24. The fourth-order valence-corrected chi connectivity index (χ4v) is 2.65. The van der Waals surface area contributed by atoms with Crippen LogP contribution in [0.25, 0.3) is 10.9 Å². The van der Waals surface area contributed by atoms with Gasteiger partial charge in [0.15, 0.2) is 0 Å². The standard InChI is InChI=1S/C10H8BrClN2O2/c1-14-4-6(11)7-8(14)5(10(15)16-2)3-13-9(7)12/h3-4H,1-2H3. The highest BCUT2D eigenvalue weighted by Gasteiger charge is 2.18. The van der Waals surface area contributed by atoms with Gasteiger partial charge in [0.2, 0.25) is 0 Å². The van der Waals surface area contributed by atoms with E-state index in [1.54, 1.807) is 4.57 Å². The van der Waals surface area contributed by atoms with Crippen molar-refractivity contribution in [2.24, 2.45) is 7.05 Å². The molecule has 0 aliphatic heterocycles. The summed E-state index contributed by atoms with van der Waals surface area (Å²) in [7, 11) is 3.16. The molecule has 0 N–H and O–H groups in total. The Morgan fingerprint density at radius 2 is 2.31 bits per heavy atom. The number of hydrogen-bond donors (Lipinski definition) is 0. The van der Waals surface area contributed by atoms with Gasteiger partial charge in [0.05, 0.1) is 18.0 Å². The molecule has 84 valence electrons.